The number of hydrogen-bond acceptors (Lipinski definition) is 2. The summed E-state index contributed by atoms with van der Waals surface area (Å²) in [5.74, 6) is 0. The van der Waals surface area contributed by atoms with Gasteiger partial charge >= 0.3 is 0 Å². The monoisotopic (exact) mass is 154 g/mol. The van der Waals surface area contributed by atoms with Gasteiger partial charge in [0, 0.05) is 25.5 Å². The molecule has 0 N–H and O–H groups in total. The van der Waals surface area contributed by atoms with E-state index in [4.69, 9.17) is 0 Å². The van der Waals surface area contributed by atoms with E-state index < -0.39 is 0 Å². The molecule has 0 bridgehead atoms. The smallest absolute Gasteiger partial charge is 0.100 e. The molecule has 11 heavy (non-hydrogen) atoms. The molecule has 0 aromatic rings. The van der Waals surface area contributed by atoms with Crippen LogP contribution in [0.3, 0.4) is 0 Å². The molecule has 0 spiro atoms. The third kappa shape index (κ3) is 1.10. The Kier molecular flexibility index (Phi) is 2.12. The minimum Gasteiger partial charge on any atom is -0.356 e. The fraction of sp³-hybridized carbons (Fsp3) is 0.778. The molecule has 0 radical (unpaired) electrons. The van der Waals surface area contributed by atoms with E-state index in [1.165, 1.54) is 17.8 Å². The van der Waals surface area contributed by atoms with Crippen LogP contribution in [-0.2, 0) is 0 Å². The second kappa shape index (κ2) is 2.76. The van der Waals surface area contributed by atoms with Gasteiger partial charge in [0.2, 0.25) is 0 Å². The molecule has 0 aromatic carbocycles. The first kappa shape index (κ1) is 8.44. The summed E-state index contributed by atoms with van der Waals surface area (Å²) in [6.07, 6.45) is 1.76. The van der Waals surface area contributed by atoms with Crippen molar-refractivity contribution in [3.63, 3.8) is 0 Å². The highest BCUT2D eigenvalue weighted by Gasteiger charge is 2.26. The molecule has 0 fully saturated rings. The van der Waals surface area contributed by atoms with Crippen LogP contribution in [0.2, 0.25) is 0 Å². The highest BCUT2D eigenvalue weighted by Crippen LogP contribution is 2.26. The first-order valence-corrected chi connectivity index (χ1v) is 4.22. The summed E-state index contributed by atoms with van der Waals surface area (Å²) in [5, 5.41) is 0. The molecule has 1 heterocycles. The molecule has 0 amide bonds. The zero-order valence-electron chi connectivity index (χ0n) is 8.18. The average molecular weight is 154 g/mol. The van der Waals surface area contributed by atoms with Gasteiger partial charge in [-0.3, -0.25) is 0 Å². The molecule has 1 aliphatic heterocycles. The van der Waals surface area contributed by atoms with Gasteiger partial charge in [-0.05, 0) is 20.3 Å². The fourth-order valence-corrected chi connectivity index (χ4v) is 1.77. The lowest BCUT2D eigenvalue weighted by Gasteiger charge is -2.28. The maximum Gasteiger partial charge on any atom is 0.100 e. The second-order valence-electron chi connectivity index (χ2n) is 3.28. The Hall–Kier alpha value is -0.660. The highest BCUT2D eigenvalue weighted by atomic mass is 15.4. The highest BCUT2D eigenvalue weighted by molar-refractivity contribution is 5.14. The first-order chi connectivity index (χ1) is 5.09. The van der Waals surface area contributed by atoms with Gasteiger partial charge in [0.1, 0.15) is 6.17 Å². The van der Waals surface area contributed by atoms with Crippen LogP contribution in [0, 0.1) is 0 Å². The summed E-state index contributed by atoms with van der Waals surface area (Å²) >= 11 is 0. The van der Waals surface area contributed by atoms with E-state index >= 15 is 0 Å². The lowest BCUT2D eigenvalue weighted by molar-refractivity contribution is 0.183. The Morgan fingerprint density at radius 2 is 1.45 bits per heavy atom. The molecule has 2 nitrogen and oxygen atoms in total. The summed E-state index contributed by atoms with van der Waals surface area (Å²) in [7, 11) is 4.33. The molecule has 64 valence electrons. The van der Waals surface area contributed by atoms with Crippen molar-refractivity contribution in [2.45, 2.75) is 33.4 Å². The molecular weight excluding hydrogens is 136 g/mol. The third-order valence-corrected chi connectivity index (χ3v) is 2.84. The molecule has 0 unspecified atom stereocenters. The van der Waals surface area contributed by atoms with Gasteiger partial charge in [-0.15, -0.1) is 0 Å². The molecule has 0 aliphatic carbocycles. The van der Waals surface area contributed by atoms with E-state index in [1.807, 2.05) is 0 Å². The van der Waals surface area contributed by atoms with Gasteiger partial charge in [0.25, 0.3) is 0 Å². The Morgan fingerprint density at radius 3 is 1.64 bits per heavy atom. The molecule has 0 saturated carbocycles. The summed E-state index contributed by atoms with van der Waals surface area (Å²) in [5.41, 5.74) is 2.80. The van der Waals surface area contributed by atoms with E-state index in [9.17, 15) is 0 Å². The fourth-order valence-electron chi connectivity index (χ4n) is 1.77. The standard InChI is InChI=1S/C9H18N2/c1-6-9-10(4)7(2)8(3)11(9)5/h9H,6H2,1-5H3. The zero-order valence-corrected chi connectivity index (χ0v) is 8.18. The third-order valence-electron chi connectivity index (χ3n) is 2.84. The summed E-state index contributed by atoms with van der Waals surface area (Å²) in [4.78, 5) is 4.69. The van der Waals surface area contributed by atoms with E-state index in [2.05, 4.69) is 44.7 Å². The summed E-state index contributed by atoms with van der Waals surface area (Å²) in [6, 6.07) is 0. The van der Waals surface area contributed by atoms with Gasteiger partial charge in [0.05, 0.1) is 0 Å². The number of rotatable bonds is 1. The van der Waals surface area contributed by atoms with Crippen LogP contribution in [0.25, 0.3) is 0 Å². The van der Waals surface area contributed by atoms with Crippen molar-refractivity contribution >= 4 is 0 Å². The second-order valence-corrected chi connectivity index (χ2v) is 3.28. The first-order valence-electron chi connectivity index (χ1n) is 4.22. The molecular formula is C9H18N2. The summed E-state index contributed by atoms with van der Waals surface area (Å²) in [6.45, 7) is 6.59. The van der Waals surface area contributed by atoms with Crippen LogP contribution in [0.5, 0.6) is 0 Å². The SMILES string of the molecule is CCC1N(C)C(C)=C(C)N1C. The number of allylic oxidation sites excluding steroid dienone is 2. The van der Waals surface area contributed by atoms with Gasteiger partial charge < -0.3 is 9.80 Å². The molecule has 0 aromatic heterocycles. The molecule has 1 aliphatic rings. The van der Waals surface area contributed by atoms with Crippen LogP contribution in [-0.4, -0.2) is 30.1 Å². The Bertz CT molecular complexity index is 166. The Balaban J connectivity index is 2.83. The Morgan fingerprint density at radius 1 is 1.09 bits per heavy atom. The molecule has 1 rings (SSSR count). The molecule has 0 saturated heterocycles. The van der Waals surface area contributed by atoms with Crippen molar-refractivity contribution in [2.75, 3.05) is 14.1 Å². The van der Waals surface area contributed by atoms with Crippen LogP contribution < -0.4 is 0 Å². The van der Waals surface area contributed by atoms with Crippen molar-refractivity contribution in [1.29, 1.82) is 0 Å². The van der Waals surface area contributed by atoms with Crippen molar-refractivity contribution in [3.05, 3.63) is 11.4 Å². The van der Waals surface area contributed by atoms with Crippen LogP contribution in [0.4, 0.5) is 0 Å². The lowest BCUT2D eigenvalue weighted by Crippen LogP contribution is -2.34. The minimum atomic E-state index is 0.579. The van der Waals surface area contributed by atoms with Gasteiger partial charge in [-0.25, -0.2) is 0 Å². The Labute approximate surface area is 69.5 Å². The van der Waals surface area contributed by atoms with E-state index in [1.54, 1.807) is 0 Å². The minimum absolute atomic E-state index is 0.579. The average Bonchev–Trinajstić information content (AvgIpc) is 2.17. The van der Waals surface area contributed by atoms with Crippen LogP contribution in [0.1, 0.15) is 27.2 Å². The maximum atomic E-state index is 2.34. The predicted octanol–water partition coefficient (Wildman–Crippen LogP) is 1.85. The van der Waals surface area contributed by atoms with E-state index in [0.29, 0.717) is 6.17 Å². The quantitative estimate of drug-likeness (QED) is 0.568. The van der Waals surface area contributed by atoms with Crippen molar-refractivity contribution in [3.8, 4) is 0 Å². The number of nitrogens with zero attached hydrogens (tertiary/aromatic N) is 2. The van der Waals surface area contributed by atoms with E-state index in [-0.39, 0.29) is 0 Å². The van der Waals surface area contributed by atoms with Gasteiger partial charge in [-0.2, -0.15) is 0 Å². The van der Waals surface area contributed by atoms with Gasteiger partial charge in [-0.1, -0.05) is 6.92 Å². The van der Waals surface area contributed by atoms with Crippen molar-refractivity contribution < 1.29 is 0 Å². The maximum absolute atomic E-state index is 2.34. The molecule has 2 heteroatoms. The van der Waals surface area contributed by atoms with Crippen LogP contribution >= 0.6 is 0 Å². The largest absolute Gasteiger partial charge is 0.356 e. The van der Waals surface area contributed by atoms with E-state index in [0.717, 1.165) is 0 Å². The van der Waals surface area contributed by atoms with Gasteiger partial charge in [0.15, 0.2) is 0 Å². The predicted molar refractivity (Wildman–Crippen MR) is 48.0 cm³/mol. The number of hydrogen-bond donors (Lipinski definition) is 0. The zero-order chi connectivity index (χ0) is 8.59. The van der Waals surface area contributed by atoms with Crippen molar-refractivity contribution in [1.82, 2.24) is 9.80 Å². The normalized spacial score (nSPS) is 20.5. The summed E-state index contributed by atoms with van der Waals surface area (Å²) < 4.78 is 0. The van der Waals surface area contributed by atoms with Crippen LogP contribution in [0.15, 0.2) is 11.4 Å². The lowest BCUT2D eigenvalue weighted by atomic mass is 10.3. The topological polar surface area (TPSA) is 6.48 Å². The molecule has 0 atom stereocenters. The van der Waals surface area contributed by atoms with Crippen molar-refractivity contribution in [2.24, 2.45) is 0 Å².